The quantitative estimate of drug-likeness (QED) is 0.444. The van der Waals surface area contributed by atoms with Gasteiger partial charge in [-0.1, -0.05) is 0 Å². The minimum absolute atomic E-state index is 0.0753. The molecule has 19 heavy (non-hydrogen) atoms. The molecule has 0 rings (SSSR count). The maximum atomic E-state index is 11.3. The van der Waals surface area contributed by atoms with E-state index in [1.165, 1.54) is 14.0 Å². The van der Waals surface area contributed by atoms with Crippen LogP contribution < -0.4 is 10.6 Å². The Hall–Kier alpha value is -2.12. The summed E-state index contributed by atoms with van der Waals surface area (Å²) >= 11 is 0. The molecule has 0 aliphatic rings. The summed E-state index contributed by atoms with van der Waals surface area (Å²) in [6.07, 6.45) is 1.20. The minimum Gasteiger partial charge on any atom is -0.480 e. The zero-order valence-electron chi connectivity index (χ0n) is 10.9. The number of imide groups is 1. The van der Waals surface area contributed by atoms with Gasteiger partial charge >= 0.3 is 18.0 Å². The maximum Gasteiger partial charge on any atom is 0.325 e. The van der Waals surface area contributed by atoms with E-state index in [1.54, 1.807) is 0 Å². The van der Waals surface area contributed by atoms with Crippen LogP contribution in [0, 0.1) is 0 Å². The monoisotopic (exact) mass is 274 g/mol. The van der Waals surface area contributed by atoms with E-state index in [1.807, 2.05) is 5.32 Å². The number of aliphatic carboxylic acids is 1. The molecule has 0 heterocycles. The second kappa shape index (κ2) is 8.90. The van der Waals surface area contributed by atoms with Crippen LogP contribution in [0.25, 0.3) is 0 Å². The largest absolute Gasteiger partial charge is 0.480 e. The Morgan fingerprint density at radius 2 is 1.74 bits per heavy atom. The van der Waals surface area contributed by atoms with Crippen molar-refractivity contribution in [2.75, 3.05) is 7.11 Å². The number of nitrogens with one attached hydrogen (secondary N) is 2. The fourth-order valence-electron chi connectivity index (χ4n) is 1.14. The number of carbonyl (C=O) groups excluding carboxylic acids is 3. The number of unbranched alkanes of at least 4 members (excludes halogenated alkanes) is 1. The molecule has 0 fully saturated rings. The Morgan fingerprint density at radius 3 is 2.26 bits per heavy atom. The number of ether oxygens (including phenoxy) is 1. The lowest BCUT2D eigenvalue weighted by atomic mass is 10.2. The predicted octanol–water partition coefficient (Wildman–Crippen LogP) is 0.0187. The normalized spacial score (nSPS) is 11.3. The van der Waals surface area contributed by atoms with Crippen molar-refractivity contribution in [3.05, 3.63) is 0 Å². The standard InChI is InChI=1S/C11H18N2O6/c1-7(10(16)17)12-11(18)13-8(14)5-3-4-6-9(15)19-2/h7H,3-6H2,1-2H3,(H,16,17)(H2,12,13,14,18)/t7-/m0/s1. The second-order valence-electron chi connectivity index (χ2n) is 3.86. The van der Waals surface area contributed by atoms with Gasteiger partial charge in [-0.3, -0.25) is 19.7 Å². The van der Waals surface area contributed by atoms with E-state index >= 15 is 0 Å². The van der Waals surface area contributed by atoms with E-state index in [9.17, 15) is 19.2 Å². The number of amides is 3. The molecule has 0 spiro atoms. The molecule has 1 atom stereocenters. The third-order valence-electron chi connectivity index (χ3n) is 2.23. The van der Waals surface area contributed by atoms with Gasteiger partial charge in [-0.05, 0) is 19.8 Å². The summed E-state index contributed by atoms with van der Waals surface area (Å²) in [5, 5.41) is 12.6. The zero-order valence-corrected chi connectivity index (χ0v) is 10.9. The zero-order chi connectivity index (χ0) is 14.8. The molecule has 0 aromatic heterocycles. The van der Waals surface area contributed by atoms with Crippen LogP contribution in [-0.2, 0) is 19.1 Å². The molecule has 0 aromatic carbocycles. The molecule has 0 radical (unpaired) electrons. The molecule has 3 N–H and O–H groups in total. The number of carbonyl (C=O) groups is 4. The Kier molecular flexibility index (Phi) is 7.90. The van der Waals surface area contributed by atoms with Crippen LogP contribution in [0.3, 0.4) is 0 Å². The number of hydrogen-bond donors (Lipinski definition) is 3. The lowest BCUT2D eigenvalue weighted by Crippen LogP contribution is -2.46. The van der Waals surface area contributed by atoms with Crippen LogP contribution in [0.4, 0.5) is 4.79 Å². The van der Waals surface area contributed by atoms with Gasteiger partial charge in [0.05, 0.1) is 7.11 Å². The smallest absolute Gasteiger partial charge is 0.325 e. The highest BCUT2D eigenvalue weighted by molar-refractivity contribution is 5.95. The molecule has 3 amide bonds. The Bertz CT molecular complexity index is 355. The summed E-state index contributed by atoms with van der Waals surface area (Å²) in [5.41, 5.74) is 0. The van der Waals surface area contributed by atoms with Crippen molar-refractivity contribution in [3.63, 3.8) is 0 Å². The van der Waals surface area contributed by atoms with Crippen molar-refractivity contribution in [1.29, 1.82) is 0 Å². The molecule has 0 aliphatic carbocycles. The first-order valence-corrected chi connectivity index (χ1v) is 5.76. The van der Waals surface area contributed by atoms with Crippen molar-refractivity contribution in [3.8, 4) is 0 Å². The van der Waals surface area contributed by atoms with Crippen LogP contribution >= 0.6 is 0 Å². The number of carboxylic acid groups (broad SMARTS) is 1. The van der Waals surface area contributed by atoms with Crippen LogP contribution in [-0.4, -0.2) is 42.1 Å². The summed E-state index contributed by atoms with van der Waals surface area (Å²) in [4.78, 5) is 43.7. The number of carboxylic acids is 1. The third-order valence-corrected chi connectivity index (χ3v) is 2.23. The molecular weight excluding hydrogens is 256 g/mol. The first-order valence-electron chi connectivity index (χ1n) is 5.76. The van der Waals surface area contributed by atoms with Crippen LogP contribution in [0.15, 0.2) is 0 Å². The SMILES string of the molecule is COC(=O)CCCCC(=O)NC(=O)N[C@@H](C)C(=O)O. The molecule has 0 saturated heterocycles. The predicted molar refractivity (Wildman–Crippen MR) is 64.3 cm³/mol. The topological polar surface area (TPSA) is 122 Å². The number of urea groups is 1. The lowest BCUT2D eigenvalue weighted by Gasteiger charge is -2.09. The Balaban J connectivity index is 3.77. The molecule has 0 bridgehead atoms. The van der Waals surface area contributed by atoms with Crippen LogP contribution in [0.1, 0.15) is 32.6 Å². The van der Waals surface area contributed by atoms with Crippen molar-refractivity contribution < 1.29 is 29.0 Å². The minimum atomic E-state index is -1.19. The molecule has 8 nitrogen and oxygen atoms in total. The van der Waals surface area contributed by atoms with Gasteiger partial charge in [-0.15, -0.1) is 0 Å². The second-order valence-corrected chi connectivity index (χ2v) is 3.86. The summed E-state index contributed by atoms with van der Waals surface area (Å²) < 4.78 is 4.43. The summed E-state index contributed by atoms with van der Waals surface area (Å²) in [7, 11) is 1.28. The summed E-state index contributed by atoms with van der Waals surface area (Å²) in [6.45, 7) is 1.28. The Morgan fingerprint density at radius 1 is 1.16 bits per heavy atom. The van der Waals surface area contributed by atoms with E-state index in [0.29, 0.717) is 12.8 Å². The highest BCUT2D eigenvalue weighted by atomic mass is 16.5. The summed E-state index contributed by atoms with van der Waals surface area (Å²) in [5.74, 6) is -2.07. The molecule has 0 unspecified atom stereocenters. The van der Waals surface area contributed by atoms with Crippen molar-refractivity contribution >= 4 is 23.9 Å². The third kappa shape index (κ3) is 8.58. The average molecular weight is 274 g/mol. The van der Waals surface area contributed by atoms with E-state index in [0.717, 1.165) is 0 Å². The van der Waals surface area contributed by atoms with Gasteiger partial charge in [-0.25, -0.2) is 4.79 Å². The summed E-state index contributed by atoms with van der Waals surface area (Å²) in [6, 6.07) is -1.93. The average Bonchev–Trinajstić information content (AvgIpc) is 2.33. The van der Waals surface area contributed by atoms with Gasteiger partial charge in [0.25, 0.3) is 0 Å². The first-order chi connectivity index (χ1) is 8.86. The van der Waals surface area contributed by atoms with Gasteiger partial charge in [0.15, 0.2) is 0 Å². The number of hydrogen-bond acceptors (Lipinski definition) is 5. The van der Waals surface area contributed by atoms with Crippen LogP contribution in [0.5, 0.6) is 0 Å². The molecule has 0 aliphatic heterocycles. The van der Waals surface area contributed by atoms with Gasteiger partial charge < -0.3 is 15.2 Å². The fraction of sp³-hybridized carbons (Fsp3) is 0.636. The van der Waals surface area contributed by atoms with Crippen LogP contribution in [0.2, 0.25) is 0 Å². The van der Waals surface area contributed by atoms with Gasteiger partial charge in [0, 0.05) is 12.8 Å². The van der Waals surface area contributed by atoms with E-state index in [4.69, 9.17) is 5.11 Å². The van der Waals surface area contributed by atoms with Gasteiger partial charge in [-0.2, -0.15) is 0 Å². The number of esters is 1. The first kappa shape index (κ1) is 16.9. The van der Waals surface area contributed by atoms with Gasteiger partial charge in [0.2, 0.25) is 5.91 Å². The molecule has 8 heteroatoms. The molecule has 0 aromatic rings. The number of rotatable bonds is 7. The molecule has 108 valence electrons. The highest BCUT2D eigenvalue weighted by Crippen LogP contribution is 2.00. The maximum absolute atomic E-state index is 11.3. The van der Waals surface area contributed by atoms with Gasteiger partial charge in [0.1, 0.15) is 6.04 Å². The highest BCUT2D eigenvalue weighted by Gasteiger charge is 2.15. The van der Waals surface area contributed by atoms with Crippen molar-refractivity contribution in [2.24, 2.45) is 0 Å². The van der Waals surface area contributed by atoms with E-state index < -0.39 is 23.9 Å². The van der Waals surface area contributed by atoms with E-state index in [2.05, 4.69) is 10.1 Å². The van der Waals surface area contributed by atoms with Crippen molar-refractivity contribution in [2.45, 2.75) is 38.6 Å². The van der Waals surface area contributed by atoms with E-state index in [-0.39, 0.29) is 18.8 Å². The number of methoxy groups -OCH3 is 1. The fourth-order valence-corrected chi connectivity index (χ4v) is 1.14. The Labute approximate surface area is 110 Å². The van der Waals surface area contributed by atoms with Crippen molar-refractivity contribution in [1.82, 2.24) is 10.6 Å². The molecular formula is C11H18N2O6. The lowest BCUT2D eigenvalue weighted by molar-refractivity contribution is -0.141. The molecule has 0 saturated carbocycles.